The van der Waals surface area contributed by atoms with Gasteiger partial charge in [0.25, 0.3) is 0 Å². The quantitative estimate of drug-likeness (QED) is 0.822. The third-order valence-corrected chi connectivity index (χ3v) is 7.24. The Bertz CT molecular complexity index is 1070. The maximum absolute atomic E-state index is 13.5. The van der Waals surface area contributed by atoms with Crippen molar-refractivity contribution in [3.05, 3.63) is 63.6 Å². The Morgan fingerprint density at radius 2 is 1.97 bits per heavy atom. The van der Waals surface area contributed by atoms with Gasteiger partial charge in [-0.1, -0.05) is 12.1 Å². The summed E-state index contributed by atoms with van der Waals surface area (Å²) in [6.07, 6.45) is 3.34. The predicted molar refractivity (Wildman–Crippen MR) is 117 cm³/mol. The molecule has 2 aromatic rings. The Hall–Kier alpha value is -3.11. The monoisotopic (exact) mass is 420 g/mol. The van der Waals surface area contributed by atoms with Gasteiger partial charge in [0.05, 0.1) is 11.5 Å². The summed E-state index contributed by atoms with van der Waals surface area (Å²) in [4.78, 5) is 30.5. The zero-order valence-corrected chi connectivity index (χ0v) is 18.1. The Morgan fingerprint density at radius 3 is 2.53 bits per heavy atom. The van der Waals surface area contributed by atoms with Crippen molar-refractivity contribution < 1.29 is 9.59 Å². The molecule has 7 heteroatoms. The number of hydrogen-bond acceptors (Lipinski definition) is 5. The van der Waals surface area contributed by atoms with Crippen LogP contribution in [0.3, 0.4) is 0 Å². The van der Waals surface area contributed by atoms with Crippen LogP contribution >= 0.6 is 11.3 Å². The van der Waals surface area contributed by atoms with E-state index in [4.69, 9.17) is 0 Å². The number of rotatable bonds is 3. The second-order valence-corrected chi connectivity index (χ2v) is 8.93. The molecule has 30 heavy (non-hydrogen) atoms. The number of carbonyl (C=O) groups excluding carboxylic acids is 2. The van der Waals surface area contributed by atoms with Gasteiger partial charge >= 0.3 is 0 Å². The molecule has 2 aliphatic rings. The van der Waals surface area contributed by atoms with Gasteiger partial charge in [0, 0.05) is 30.6 Å². The molecule has 2 saturated heterocycles. The van der Waals surface area contributed by atoms with Gasteiger partial charge in [-0.15, -0.1) is 11.3 Å². The molecule has 0 radical (unpaired) electrons. The number of nitrogens with one attached hydrogen (secondary N) is 1. The minimum absolute atomic E-state index is 0.0127. The standard InChI is InChI=1S/C23H24N4O2S/c1-4-19-25-23(2,18-12-11-17(14-24)30-18)21(22(29)26(19)3)15-7-9-16(10-8-15)27-13-5-6-20(27)28/h4,7-12,21,25H,5-6,13H2,1-3H3/b19-4-. The first-order valence-corrected chi connectivity index (χ1v) is 10.8. The third-order valence-electron chi connectivity index (χ3n) is 6.02. The summed E-state index contributed by atoms with van der Waals surface area (Å²) in [6, 6.07) is 13.6. The topological polar surface area (TPSA) is 76.4 Å². The van der Waals surface area contributed by atoms with E-state index >= 15 is 0 Å². The number of anilines is 1. The van der Waals surface area contributed by atoms with Crippen molar-refractivity contribution in [1.29, 1.82) is 5.26 Å². The summed E-state index contributed by atoms with van der Waals surface area (Å²) >= 11 is 1.40. The first-order valence-electron chi connectivity index (χ1n) is 10.0. The number of amides is 2. The van der Waals surface area contributed by atoms with Crippen LogP contribution < -0.4 is 10.2 Å². The number of allylic oxidation sites excluding steroid dienone is 1. The summed E-state index contributed by atoms with van der Waals surface area (Å²) in [5.74, 6) is 0.397. The van der Waals surface area contributed by atoms with Gasteiger partial charge in [-0.25, -0.2) is 0 Å². The molecular formula is C23H24N4O2S. The highest BCUT2D eigenvalue weighted by Gasteiger charge is 2.48. The van der Waals surface area contributed by atoms with Gasteiger partial charge in [-0.2, -0.15) is 5.26 Å². The lowest BCUT2D eigenvalue weighted by molar-refractivity contribution is -0.134. The summed E-state index contributed by atoms with van der Waals surface area (Å²) in [5, 5.41) is 12.8. The van der Waals surface area contributed by atoms with E-state index in [9.17, 15) is 14.9 Å². The van der Waals surface area contributed by atoms with Crippen molar-refractivity contribution in [2.45, 2.75) is 38.1 Å². The van der Waals surface area contributed by atoms with Crippen LogP contribution in [0.1, 0.15) is 47.9 Å². The second kappa shape index (κ2) is 7.62. The summed E-state index contributed by atoms with van der Waals surface area (Å²) in [6.45, 7) is 4.64. The average molecular weight is 421 g/mol. The van der Waals surface area contributed by atoms with Crippen LogP contribution in [0.2, 0.25) is 0 Å². The maximum Gasteiger partial charge on any atom is 0.238 e. The van der Waals surface area contributed by atoms with Gasteiger partial charge in [-0.3, -0.25) is 9.59 Å². The van der Waals surface area contributed by atoms with Crippen LogP contribution in [0.5, 0.6) is 0 Å². The molecule has 0 spiro atoms. The molecule has 2 unspecified atom stereocenters. The number of thiophene rings is 1. The van der Waals surface area contributed by atoms with Crippen LogP contribution in [-0.4, -0.2) is 30.3 Å². The van der Waals surface area contributed by atoms with Crippen molar-refractivity contribution >= 4 is 28.8 Å². The third kappa shape index (κ3) is 3.17. The maximum atomic E-state index is 13.5. The molecule has 154 valence electrons. The van der Waals surface area contributed by atoms with Crippen LogP contribution in [0, 0.1) is 11.3 Å². The molecular weight excluding hydrogens is 396 g/mol. The largest absolute Gasteiger partial charge is 0.360 e. The van der Waals surface area contributed by atoms with Crippen molar-refractivity contribution in [1.82, 2.24) is 10.2 Å². The minimum Gasteiger partial charge on any atom is -0.360 e. The lowest BCUT2D eigenvalue weighted by Gasteiger charge is -2.46. The number of nitriles is 1. The molecule has 4 rings (SSSR count). The molecule has 2 aliphatic heterocycles. The predicted octanol–water partition coefficient (Wildman–Crippen LogP) is 3.67. The summed E-state index contributed by atoms with van der Waals surface area (Å²) < 4.78 is 0. The highest BCUT2D eigenvalue weighted by molar-refractivity contribution is 7.12. The Kier molecular flexibility index (Phi) is 5.12. The normalized spacial score (nSPS) is 25.5. The van der Waals surface area contributed by atoms with E-state index in [0.717, 1.165) is 34.9 Å². The summed E-state index contributed by atoms with van der Waals surface area (Å²) in [7, 11) is 1.77. The molecule has 2 fully saturated rings. The molecule has 2 atom stereocenters. The van der Waals surface area contributed by atoms with Gasteiger partial charge < -0.3 is 15.1 Å². The molecule has 0 aliphatic carbocycles. The Labute approximate surface area is 180 Å². The zero-order valence-electron chi connectivity index (χ0n) is 17.3. The highest BCUT2D eigenvalue weighted by atomic mass is 32.1. The van der Waals surface area contributed by atoms with E-state index in [2.05, 4.69) is 11.4 Å². The van der Waals surface area contributed by atoms with E-state index in [1.807, 2.05) is 50.3 Å². The molecule has 1 N–H and O–H groups in total. The van der Waals surface area contributed by atoms with Crippen LogP contribution in [0.25, 0.3) is 0 Å². The minimum atomic E-state index is -0.698. The van der Waals surface area contributed by atoms with Crippen molar-refractivity contribution in [2.75, 3.05) is 18.5 Å². The molecule has 0 saturated carbocycles. The van der Waals surface area contributed by atoms with Crippen molar-refractivity contribution in [2.24, 2.45) is 0 Å². The van der Waals surface area contributed by atoms with Crippen molar-refractivity contribution in [3.8, 4) is 6.07 Å². The molecule has 3 heterocycles. The van der Waals surface area contributed by atoms with Gasteiger partial charge in [0.15, 0.2) is 0 Å². The van der Waals surface area contributed by atoms with Crippen molar-refractivity contribution in [3.63, 3.8) is 0 Å². The van der Waals surface area contributed by atoms with Crippen LogP contribution in [0.15, 0.2) is 48.3 Å². The fraction of sp³-hybridized carbons (Fsp3) is 0.348. The smallest absolute Gasteiger partial charge is 0.238 e. The lowest BCUT2D eigenvalue weighted by Crippen LogP contribution is -2.57. The number of carbonyl (C=O) groups is 2. The van der Waals surface area contributed by atoms with Gasteiger partial charge in [-0.05, 0) is 56.2 Å². The Balaban J connectivity index is 1.77. The summed E-state index contributed by atoms with van der Waals surface area (Å²) in [5.41, 5.74) is 1.04. The van der Waals surface area contributed by atoms with Gasteiger partial charge in [0.1, 0.15) is 16.8 Å². The molecule has 6 nitrogen and oxygen atoms in total. The molecule has 2 amide bonds. The number of hydrogen-bond donors (Lipinski definition) is 1. The van der Waals surface area contributed by atoms with E-state index in [0.29, 0.717) is 11.3 Å². The average Bonchev–Trinajstić information content (AvgIpc) is 3.41. The highest BCUT2D eigenvalue weighted by Crippen LogP contribution is 2.45. The first-order chi connectivity index (χ1) is 14.4. The van der Waals surface area contributed by atoms with E-state index in [1.54, 1.807) is 22.9 Å². The van der Waals surface area contributed by atoms with E-state index in [1.165, 1.54) is 11.3 Å². The second-order valence-electron chi connectivity index (χ2n) is 7.85. The van der Waals surface area contributed by atoms with E-state index < -0.39 is 11.5 Å². The lowest BCUT2D eigenvalue weighted by atomic mass is 9.76. The first kappa shape index (κ1) is 20.2. The van der Waals surface area contributed by atoms with Gasteiger partial charge in [0.2, 0.25) is 11.8 Å². The SMILES string of the molecule is C/C=C1/NC(C)(c2ccc(C#N)s2)C(c2ccc(N3CCCC3=O)cc2)C(=O)N1C. The van der Waals surface area contributed by atoms with Crippen LogP contribution in [0.4, 0.5) is 5.69 Å². The van der Waals surface area contributed by atoms with E-state index in [-0.39, 0.29) is 11.8 Å². The number of benzene rings is 1. The fourth-order valence-electron chi connectivity index (χ4n) is 4.37. The fourth-order valence-corrected chi connectivity index (χ4v) is 5.31. The molecule has 1 aromatic heterocycles. The number of likely N-dealkylation sites (N-methyl/N-ethyl adjacent to an activating group) is 1. The Morgan fingerprint density at radius 1 is 1.23 bits per heavy atom. The molecule has 0 bridgehead atoms. The molecule has 1 aromatic carbocycles. The number of nitrogens with zero attached hydrogens (tertiary/aromatic N) is 3. The van der Waals surface area contributed by atoms with Crippen LogP contribution in [-0.2, 0) is 15.1 Å². The zero-order chi connectivity index (χ0) is 21.5.